The molecule has 0 unspecified atom stereocenters. The summed E-state index contributed by atoms with van der Waals surface area (Å²) in [4.78, 5) is 37.7. The molecule has 1 saturated heterocycles. The predicted molar refractivity (Wildman–Crippen MR) is 116 cm³/mol. The minimum Gasteiger partial charge on any atom is -0.507 e. The van der Waals surface area contributed by atoms with Crippen molar-refractivity contribution in [1.82, 2.24) is 0 Å². The molecule has 1 fully saturated rings. The minimum absolute atomic E-state index is 0.106. The third-order valence-electron chi connectivity index (χ3n) is 5.00. The number of hydrogen-bond donors (Lipinski definition) is 1. The topological polar surface area (TPSA) is 101 Å². The maximum absolute atomic E-state index is 13.0. The van der Waals surface area contributed by atoms with Crippen molar-refractivity contribution in [3.8, 4) is 0 Å². The van der Waals surface area contributed by atoms with Gasteiger partial charge in [-0.15, -0.1) is 0 Å². The third-order valence-corrected chi connectivity index (χ3v) is 5.23. The molecule has 31 heavy (non-hydrogen) atoms. The van der Waals surface area contributed by atoms with Gasteiger partial charge in [0.2, 0.25) is 0 Å². The number of halogens is 1. The van der Waals surface area contributed by atoms with Gasteiger partial charge in [-0.3, -0.25) is 24.6 Å². The van der Waals surface area contributed by atoms with Crippen molar-refractivity contribution >= 4 is 40.4 Å². The molecule has 4 rings (SSSR count). The Morgan fingerprint density at radius 3 is 2.26 bits per heavy atom. The first-order chi connectivity index (χ1) is 14.9. The van der Waals surface area contributed by atoms with Crippen LogP contribution in [0.15, 0.2) is 84.4 Å². The van der Waals surface area contributed by atoms with Crippen LogP contribution in [-0.4, -0.2) is 21.7 Å². The van der Waals surface area contributed by atoms with E-state index in [1.807, 2.05) is 0 Å². The van der Waals surface area contributed by atoms with E-state index in [2.05, 4.69) is 0 Å². The second-order valence-electron chi connectivity index (χ2n) is 6.86. The van der Waals surface area contributed by atoms with Crippen molar-refractivity contribution in [3.05, 3.63) is 111 Å². The Labute approximate surface area is 182 Å². The smallest absolute Gasteiger partial charge is 0.300 e. The number of aliphatic hydroxyl groups excluding tert-OH is 1. The molecule has 1 aliphatic rings. The fourth-order valence-electron chi connectivity index (χ4n) is 3.57. The van der Waals surface area contributed by atoms with Crippen molar-refractivity contribution in [2.45, 2.75) is 6.04 Å². The number of carbonyl (C=O) groups excluding carboxylic acids is 2. The highest BCUT2D eigenvalue weighted by atomic mass is 35.5. The quantitative estimate of drug-likeness (QED) is 0.207. The maximum atomic E-state index is 13.0. The third kappa shape index (κ3) is 3.67. The lowest BCUT2D eigenvalue weighted by Gasteiger charge is -2.25. The van der Waals surface area contributed by atoms with Gasteiger partial charge in [0.15, 0.2) is 0 Å². The molecule has 7 nitrogen and oxygen atoms in total. The number of benzene rings is 3. The van der Waals surface area contributed by atoms with Crippen molar-refractivity contribution in [3.63, 3.8) is 0 Å². The van der Waals surface area contributed by atoms with Crippen LogP contribution in [0.3, 0.4) is 0 Å². The van der Waals surface area contributed by atoms with Crippen LogP contribution >= 0.6 is 11.6 Å². The largest absolute Gasteiger partial charge is 0.507 e. The number of Topliss-reactive ketones (excluding diaryl/α,β-unsaturated/α-hetero) is 1. The highest BCUT2D eigenvalue weighted by molar-refractivity contribution is 6.51. The standard InChI is InChI=1S/C23H15ClN2O5/c24-16-7-4-8-18(13-16)25-20(14-9-11-17(12-10-14)26(30)31)19(22(28)23(25)29)21(27)15-5-2-1-3-6-15/h1-13,20,27H/b21-19+/t20-/m1/s1. The summed E-state index contributed by atoms with van der Waals surface area (Å²) in [5.74, 6) is -2.01. The molecular weight excluding hydrogens is 420 g/mol. The Morgan fingerprint density at radius 2 is 1.65 bits per heavy atom. The molecule has 8 heteroatoms. The fourth-order valence-corrected chi connectivity index (χ4v) is 3.75. The number of carbonyl (C=O) groups is 2. The van der Waals surface area contributed by atoms with Gasteiger partial charge < -0.3 is 5.11 Å². The van der Waals surface area contributed by atoms with Crippen LogP contribution in [0, 0.1) is 10.1 Å². The number of anilines is 1. The number of aliphatic hydroxyl groups is 1. The van der Waals surface area contributed by atoms with Gasteiger partial charge in [0.25, 0.3) is 17.4 Å². The molecule has 0 spiro atoms. The molecule has 3 aromatic carbocycles. The number of nitro benzene ring substituents is 1. The van der Waals surface area contributed by atoms with E-state index in [9.17, 15) is 24.8 Å². The number of ketones is 1. The summed E-state index contributed by atoms with van der Waals surface area (Å²) >= 11 is 6.09. The van der Waals surface area contributed by atoms with Crippen LogP contribution < -0.4 is 4.90 Å². The predicted octanol–water partition coefficient (Wildman–Crippen LogP) is 4.87. The molecule has 1 aliphatic heterocycles. The Hall–Kier alpha value is -3.97. The molecule has 3 aromatic rings. The summed E-state index contributed by atoms with van der Waals surface area (Å²) in [6, 6.07) is 19.3. The van der Waals surface area contributed by atoms with Crippen LogP contribution in [0.1, 0.15) is 17.2 Å². The van der Waals surface area contributed by atoms with Crippen LogP contribution in [0.25, 0.3) is 5.76 Å². The van der Waals surface area contributed by atoms with Gasteiger partial charge in [0.05, 0.1) is 16.5 Å². The zero-order valence-electron chi connectivity index (χ0n) is 15.9. The van der Waals surface area contributed by atoms with Gasteiger partial charge in [-0.25, -0.2) is 0 Å². The molecule has 0 saturated carbocycles. The molecule has 1 amide bonds. The summed E-state index contributed by atoms with van der Waals surface area (Å²) in [5.41, 5.74) is 0.933. The summed E-state index contributed by atoms with van der Waals surface area (Å²) in [6.07, 6.45) is 0. The van der Waals surface area contributed by atoms with Crippen LogP contribution in [-0.2, 0) is 9.59 Å². The first-order valence-electron chi connectivity index (χ1n) is 9.25. The molecule has 0 aromatic heterocycles. The summed E-state index contributed by atoms with van der Waals surface area (Å²) in [6.45, 7) is 0. The molecule has 1 heterocycles. The van der Waals surface area contributed by atoms with Gasteiger partial charge >= 0.3 is 0 Å². The first-order valence-corrected chi connectivity index (χ1v) is 9.62. The normalized spacial score (nSPS) is 17.7. The van der Waals surface area contributed by atoms with Gasteiger partial charge in [-0.2, -0.15) is 0 Å². The van der Waals surface area contributed by atoms with Crippen molar-refractivity contribution in [2.75, 3.05) is 4.90 Å². The molecule has 1 atom stereocenters. The van der Waals surface area contributed by atoms with E-state index in [0.717, 1.165) is 0 Å². The van der Waals surface area contributed by atoms with Crippen LogP contribution in [0.4, 0.5) is 11.4 Å². The zero-order valence-corrected chi connectivity index (χ0v) is 16.7. The monoisotopic (exact) mass is 434 g/mol. The number of hydrogen-bond acceptors (Lipinski definition) is 5. The van der Waals surface area contributed by atoms with Gasteiger partial charge in [-0.1, -0.05) is 48.0 Å². The van der Waals surface area contributed by atoms with E-state index in [4.69, 9.17) is 11.6 Å². The van der Waals surface area contributed by atoms with E-state index < -0.39 is 22.7 Å². The van der Waals surface area contributed by atoms with Crippen LogP contribution in [0.5, 0.6) is 0 Å². The Morgan fingerprint density at radius 1 is 0.968 bits per heavy atom. The van der Waals surface area contributed by atoms with Crippen molar-refractivity contribution in [2.24, 2.45) is 0 Å². The highest BCUT2D eigenvalue weighted by Crippen LogP contribution is 2.42. The minimum atomic E-state index is -0.987. The maximum Gasteiger partial charge on any atom is 0.300 e. The average Bonchev–Trinajstić information content (AvgIpc) is 3.04. The fraction of sp³-hybridized carbons (Fsp3) is 0.0435. The number of rotatable bonds is 4. The lowest BCUT2D eigenvalue weighted by Crippen LogP contribution is -2.29. The molecule has 0 radical (unpaired) electrons. The number of non-ortho nitro benzene ring substituents is 1. The Bertz CT molecular complexity index is 1220. The van der Waals surface area contributed by atoms with E-state index >= 15 is 0 Å². The number of amides is 1. The first kappa shape index (κ1) is 20.3. The average molecular weight is 435 g/mol. The van der Waals surface area contributed by atoms with Crippen molar-refractivity contribution < 1.29 is 19.6 Å². The Kier molecular flexibility index (Phi) is 5.27. The molecule has 1 N–H and O–H groups in total. The SMILES string of the molecule is O=C1C(=O)N(c2cccc(Cl)c2)[C@H](c2ccc([N+](=O)[O-])cc2)/C1=C(\O)c1ccccc1. The lowest BCUT2D eigenvalue weighted by atomic mass is 9.95. The van der Waals surface area contributed by atoms with E-state index in [-0.39, 0.29) is 17.0 Å². The summed E-state index contributed by atoms with van der Waals surface area (Å²) in [5, 5.41) is 22.4. The number of nitro groups is 1. The van der Waals surface area contributed by atoms with Crippen LogP contribution in [0.2, 0.25) is 5.02 Å². The van der Waals surface area contributed by atoms with Gasteiger partial charge in [-0.05, 0) is 35.9 Å². The van der Waals surface area contributed by atoms with Gasteiger partial charge in [0.1, 0.15) is 5.76 Å². The van der Waals surface area contributed by atoms with E-state index in [1.165, 1.54) is 35.2 Å². The van der Waals surface area contributed by atoms with Gasteiger partial charge in [0, 0.05) is 28.4 Å². The Balaban J connectivity index is 1.94. The van der Waals surface area contributed by atoms with E-state index in [1.54, 1.807) is 48.5 Å². The zero-order chi connectivity index (χ0) is 22.1. The molecular formula is C23H15ClN2O5. The van der Waals surface area contributed by atoms with Crippen molar-refractivity contribution in [1.29, 1.82) is 0 Å². The molecule has 154 valence electrons. The summed E-state index contributed by atoms with van der Waals surface area (Å²) in [7, 11) is 0. The summed E-state index contributed by atoms with van der Waals surface area (Å²) < 4.78 is 0. The second kappa shape index (κ2) is 8.04. The highest BCUT2D eigenvalue weighted by Gasteiger charge is 2.47. The molecule has 0 bridgehead atoms. The molecule has 0 aliphatic carbocycles. The van der Waals surface area contributed by atoms with E-state index in [0.29, 0.717) is 21.8 Å². The second-order valence-corrected chi connectivity index (χ2v) is 7.30. The number of nitrogens with zero attached hydrogens (tertiary/aromatic N) is 2. The lowest BCUT2D eigenvalue weighted by molar-refractivity contribution is -0.384.